The van der Waals surface area contributed by atoms with Gasteiger partial charge in [0.05, 0.1) is 17.9 Å². The normalized spacial score (nSPS) is 23.3. The molecule has 3 aliphatic rings. The Morgan fingerprint density at radius 2 is 1.85 bits per heavy atom. The Morgan fingerprint density at radius 3 is 2.58 bits per heavy atom. The van der Waals surface area contributed by atoms with Crippen LogP contribution in [-0.2, 0) is 9.59 Å². The molecule has 1 saturated carbocycles. The summed E-state index contributed by atoms with van der Waals surface area (Å²) in [5.74, 6) is 0.729. The molecule has 0 unspecified atom stereocenters. The van der Waals surface area contributed by atoms with Gasteiger partial charge >= 0.3 is 0 Å². The van der Waals surface area contributed by atoms with Gasteiger partial charge in [-0.3, -0.25) is 14.7 Å². The van der Waals surface area contributed by atoms with Crippen LogP contribution in [0.3, 0.4) is 0 Å². The Hall–Kier alpha value is -2.34. The van der Waals surface area contributed by atoms with E-state index >= 15 is 0 Å². The number of piperidine rings is 1. The highest BCUT2D eigenvalue weighted by Gasteiger charge is 2.45. The van der Waals surface area contributed by atoms with Gasteiger partial charge in [-0.1, -0.05) is 43.5 Å². The minimum Gasteiger partial charge on any atom is -0.342 e. The van der Waals surface area contributed by atoms with Crippen LogP contribution in [0.1, 0.15) is 70.0 Å². The van der Waals surface area contributed by atoms with Crippen LogP contribution in [0.2, 0.25) is 5.02 Å². The standard InChI is InChI=1S/C26H33ClN4O2/c1-26(11-14-30(15-12-26)24(32)18-6-2-3-7-18)25(33)31-13-5-10-22(31)23-21(17-28-29-23)19-8-4-9-20(27)16-19/h4,8-9,16-18,22H,2-3,5-7,10-15H2,1H3,(H,28,29)/t22-/m0/s1. The third-order valence-electron chi connectivity index (χ3n) is 8.05. The zero-order valence-electron chi connectivity index (χ0n) is 19.4. The number of aromatic nitrogens is 2. The maximum atomic E-state index is 13.8. The molecule has 1 aliphatic carbocycles. The van der Waals surface area contributed by atoms with E-state index in [0.29, 0.717) is 24.0 Å². The SMILES string of the molecule is CC1(C(=O)N2CCC[C@H]2c2[nH]ncc2-c2cccc(Cl)c2)CCN(C(=O)C2CCCC2)CC1. The Bertz CT molecular complexity index is 1020. The summed E-state index contributed by atoms with van der Waals surface area (Å²) in [6.45, 7) is 4.23. The fraction of sp³-hybridized carbons (Fsp3) is 0.577. The van der Waals surface area contributed by atoms with E-state index in [2.05, 4.69) is 22.0 Å². The van der Waals surface area contributed by atoms with Gasteiger partial charge in [-0.25, -0.2) is 0 Å². The molecule has 5 rings (SSSR count). The van der Waals surface area contributed by atoms with E-state index in [1.54, 1.807) is 0 Å². The molecule has 2 saturated heterocycles. The Balaban J connectivity index is 1.30. The molecule has 3 heterocycles. The van der Waals surface area contributed by atoms with Crippen molar-refractivity contribution in [3.63, 3.8) is 0 Å². The lowest BCUT2D eigenvalue weighted by Crippen LogP contribution is -2.50. The average molecular weight is 469 g/mol. The number of rotatable bonds is 4. The second-order valence-electron chi connectivity index (χ2n) is 10.2. The second-order valence-corrected chi connectivity index (χ2v) is 10.7. The van der Waals surface area contributed by atoms with Crippen LogP contribution >= 0.6 is 11.6 Å². The number of halogens is 1. The fourth-order valence-electron chi connectivity index (χ4n) is 5.96. The molecule has 0 radical (unpaired) electrons. The average Bonchev–Trinajstić information content (AvgIpc) is 3.60. The van der Waals surface area contributed by atoms with Gasteiger partial charge in [0.25, 0.3) is 0 Å². The van der Waals surface area contributed by atoms with E-state index in [1.165, 1.54) is 12.8 Å². The molecule has 176 valence electrons. The maximum Gasteiger partial charge on any atom is 0.229 e. The zero-order valence-corrected chi connectivity index (χ0v) is 20.1. The first-order valence-corrected chi connectivity index (χ1v) is 12.7. The minimum atomic E-state index is -0.425. The quantitative estimate of drug-likeness (QED) is 0.669. The van der Waals surface area contributed by atoms with Crippen molar-refractivity contribution in [2.45, 2.75) is 64.3 Å². The molecule has 1 atom stereocenters. The molecule has 1 aromatic carbocycles. The van der Waals surface area contributed by atoms with Crippen molar-refractivity contribution in [2.75, 3.05) is 19.6 Å². The number of benzene rings is 1. The molecule has 7 heteroatoms. The van der Waals surface area contributed by atoms with Gasteiger partial charge < -0.3 is 9.80 Å². The molecular formula is C26H33ClN4O2. The van der Waals surface area contributed by atoms with E-state index in [4.69, 9.17) is 11.6 Å². The van der Waals surface area contributed by atoms with Crippen LogP contribution in [-0.4, -0.2) is 51.4 Å². The number of nitrogens with one attached hydrogen (secondary N) is 1. The molecule has 2 aromatic rings. The van der Waals surface area contributed by atoms with Crippen molar-refractivity contribution in [3.05, 3.63) is 41.2 Å². The maximum absolute atomic E-state index is 13.8. The van der Waals surface area contributed by atoms with Gasteiger partial charge in [0, 0.05) is 41.6 Å². The third-order valence-corrected chi connectivity index (χ3v) is 8.29. The smallest absolute Gasteiger partial charge is 0.229 e. The summed E-state index contributed by atoms with van der Waals surface area (Å²) >= 11 is 6.23. The molecule has 0 bridgehead atoms. The highest BCUT2D eigenvalue weighted by atomic mass is 35.5. The summed E-state index contributed by atoms with van der Waals surface area (Å²) in [7, 11) is 0. The predicted octanol–water partition coefficient (Wildman–Crippen LogP) is 5.21. The van der Waals surface area contributed by atoms with Crippen LogP contribution in [0.4, 0.5) is 0 Å². The van der Waals surface area contributed by atoms with Gasteiger partial charge in [0.1, 0.15) is 0 Å². The first kappa shape index (κ1) is 22.5. The van der Waals surface area contributed by atoms with E-state index in [0.717, 1.165) is 61.9 Å². The van der Waals surface area contributed by atoms with Gasteiger partial charge in [0.2, 0.25) is 11.8 Å². The first-order chi connectivity index (χ1) is 16.0. The number of hydrogen-bond acceptors (Lipinski definition) is 3. The van der Waals surface area contributed by atoms with E-state index in [1.807, 2.05) is 35.4 Å². The van der Waals surface area contributed by atoms with Crippen molar-refractivity contribution in [2.24, 2.45) is 11.3 Å². The molecule has 2 aliphatic heterocycles. The number of nitrogens with zero attached hydrogens (tertiary/aromatic N) is 3. The molecule has 1 N–H and O–H groups in total. The number of H-pyrrole nitrogens is 1. The summed E-state index contributed by atoms with van der Waals surface area (Å²) in [6, 6.07) is 7.76. The summed E-state index contributed by atoms with van der Waals surface area (Å²) in [5, 5.41) is 8.18. The lowest BCUT2D eigenvalue weighted by atomic mass is 9.78. The summed E-state index contributed by atoms with van der Waals surface area (Å²) < 4.78 is 0. The topological polar surface area (TPSA) is 69.3 Å². The Labute approximate surface area is 200 Å². The van der Waals surface area contributed by atoms with Gasteiger partial charge in [0.15, 0.2) is 0 Å². The molecule has 3 fully saturated rings. The minimum absolute atomic E-state index is 0.0102. The fourth-order valence-corrected chi connectivity index (χ4v) is 6.15. The zero-order chi connectivity index (χ0) is 23.0. The van der Waals surface area contributed by atoms with Crippen molar-refractivity contribution in [1.82, 2.24) is 20.0 Å². The highest BCUT2D eigenvalue weighted by molar-refractivity contribution is 6.30. The largest absolute Gasteiger partial charge is 0.342 e. The van der Waals surface area contributed by atoms with Crippen LogP contribution in [0.25, 0.3) is 11.1 Å². The van der Waals surface area contributed by atoms with E-state index in [-0.39, 0.29) is 17.9 Å². The first-order valence-electron chi connectivity index (χ1n) is 12.4. The summed E-state index contributed by atoms with van der Waals surface area (Å²) in [6.07, 6.45) is 9.59. The molecule has 1 aromatic heterocycles. The number of likely N-dealkylation sites (tertiary alicyclic amines) is 2. The Morgan fingerprint density at radius 1 is 1.09 bits per heavy atom. The van der Waals surface area contributed by atoms with Crippen LogP contribution < -0.4 is 0 Å². The number of hydrogen-bond donors (Lipinski definition) is 1. The lowest BCUT2D eigenvalue weighted by Gasteiger charge is -2.42. The van der Waals surface area contributed by atoms with Crippen LogP contribution in [0.15, 0.2) is 30.5 Å². The molecule has 6 nitrogen and oxygen atoms in total. The molecular weight excluding hydrogens is 436 g/mol. The molecule has 0 spiro atoms. The van der Waals surface area contributed by atoms with E-state index < -0.39 is 5.41 Å². The Kier molecular flexibility index (Phi) is 6.21. The third kappa shape index (κ3) is 4.30. The van der Waals surface area contributed by atoms with Crippen molar-refractivity contribution < 1.29 is 9.59 Å². The van der Waals surface area contributed by atoms with Crippen molar-refractivity contribution in [3.8, 4) is 11.1 Å². The number of carbonyl (C=O) groups is 2. The van der Waals surface area contributed by atoms with Gasteiger partial charge in [-0.05, 0) is 56.2 Å². The highest BCUT2D eigenvalue weighted by Crippen LogP contribution is 2.42. The van der Waals surface area contributed by atoms with Crippen LogP contribution in [0.5, 0.6) is 0 Å². The molecule has 2 amide bonds. The number of carbonyl (C=O) groups excluding carboxylic acids is 2. The summed E-state index contributed by atoms with van der Waals surface area (Å²) in [5.41, 5.74) is 2.58. The van der Waals surface area contributed by atoms with Gasteiger partial charge in [-0.2, -0.15) is 5.10 Å². The molecule has 33 heavy (non-hydrogen) atoms. The van der Waals surface area contributed by atoms with Gasteiger partial charge in [-0.15, -0.1) is 0 Å². The monoisotopic (exact) mass is 468 g/mol. The predicted molar refractivity (Wildman–Crippen MR) is 129 cm³/mol. The van der Waals surface area contributed by atoms with Crippen molar-refractivity contribution in [1.29, 1.82) is 0 Å². The second kappa shape index (κ2) is 9.13. The van der Waals surface area contributed by atoms with Crippen LogP contribution in [0, 0.1) is 11.3 Å². The lowest BCUT2D eigenvalue weighted by molar-refractivity contribution is -0.149. The number of aromatic amines is 1. The van der Waals surface area contributed by atoms with E-state index in [9.17, 15) is 9.59 Å². The summed E-state index contributed by atoms with van der Waals surface area (Å²) in [4.78, 5) is 30.7. The van der Waals surface area contributed by atoms with Crippen molar-refractivity contribution >= 4 is 23.4 Å². The number of amides is 2.